The van der Waals surface area contributed by atoms with E-state index in [1.807, 2.05) is 31.6 Å². The Hall–Kier alpha value is -1.68. The number of nitrogens with zero attached hydrogens (tertiary/aromatic N) is 3. The van der Waals surface area contributed by atoms with E-state index in [4.69, 9.17) is 0 Å². The van der Waals surface area contributed by atoms with Gasteiger partial charge in [0.05, 0.1) is 17.7 Å². The number of rotatable bonds is 5. The normalized spacial score (nSPS) is 14.9. The van der Waals surface area contributed by atoms with Crippen LogP contribution in [-0.4, -0.2) is 14.5 Å². The smallest absolute Gasteiger partial charge is 0.0951 e. The zero-order valence-electron chi connectivity index (χ0n) is 10.6. The van der Waals surface area contributed by atoms with E-state index in [-0.39, 0.29) is 0 Å². The van der Waals surface area contributed by atoms with Crippen LogP contribution in [0.4, 0.5) is 0 Å². The number of aromatic nitrogens is 3. The van der Waals surface area contributed by atoms with Crippen LogP contribution < -0.4 is 5.32 Å². The van der Waals surface area contributed by atoms with Crippen molar-refractivity contribution in [3.63, 3.8) is 0 Å². The SMILES string of the molecule is Cc1cccc(CNCc2cncn2C2CC2)n1. The van der Waals surface area contributed by atoms with Crippen molar-refractivity contribution < 1.29 is 0 Å². The van der Waals surface area contributed by atoms with Crippen molar-refractivity contribution in [2.24, 2.45) is 0 Å². The van der Waals surface area contributed by atoms with Gasteiger partial charge in [-0.2, -0.15) is 0 Å². The molecule has 1 saturated carbocycles. The van der Waals surface area contributed by atoms with Gasteiger partial charge in [-0.3, -0.25) is 4.98 Å². The van der Waals surface area contributed by atoms with Gasteiger partial charge in [-0.15, -0.1) is 0 Å². The van der Waals surface area contributed by atoms with Crippen molar-refractivity contribution in [3.05, 3.63) is 47.8 Å². The van der Waals surface area contributed by atoms with Crippen LogP contribution in [0.5, 0.6) is 0 Å². The molecule has 2 heterocycles. The lowest BCUT2D eigenvalue weighted by atomic mass is 10.3. The molecule has 1 aliphatic rings. The summed E-state index contributed by atoms with van der Waals surface area (Å²) in [6.45, 7) is 3.68. The van der Waals surface area contributed by atoms with Crippen LogP contribution in [-0.2, 0) is 13.1 Å². The Kier molecular flexibility index (Phi) is 3.11. The number of hydrogen-bond acceptors (Lipinski definition) is 3. The maximum absolute atomic E-state index is 4.48. The number of nitrogens with one attached hydrogen (secondary N) is 1. The molecule has 0 amide bonds. The quantitative estimate of drug-likeness (QED) is 0.874. The van der Waals surface area contributed by atoms with Crippen LogP contribution >= 0.6 is 0 Å². The lowest BCUT2D eigenvalue weighted by Crippen LogP contribution is -2.16. The maximum atomic E-state index is 4.48. The van der Waals surface area contributed by atoms with Crippen LogP contribution in [0.25, 0.3) is 0 Å². The molecule has 2 aromatic rings. The Morgan fingerprint density at radius 3 is 3.00 bits per heavy atom. The molecule has 18 heavy (non-hydrogen) atoms. The summed E-state index contributed by atoms with van der Waals surface area (Å²) in [6.07, 6.45) is 6.49. The van der Waals surface area contributed by atoms with Crippen LogP contribution in [0.3, 0.4) is 0 Å². The molecule has 0 aromatic carbocycles. The molecule has 0 radical (unpaired) electrons. The predicted molar refractivity (Wildman–Crippen MR) is 70.0 cm³/mol. The Morgan fingerprint density at radius 1 is 1.33 bits per heavy atom. The molecule has 1 fully saturated rings. The van der Waals surface area contributed by atoms with Crippen molar-refractivity contribution in [2.75, 3.05) is 0 Å². The second-order valence-electron chi connectivity index (χ2n) is 4.90. The molecule has 1 aliphatic carbocycles. The van der Waals surface area contributed by atoms with Gasteiger partial charge < -0.3 is 9.88 Å². The van der Waals surface area contributed by atoms with Crippen molar-refractivity contribution >= 4 is 0 Å². The maximum Gasteiger partial charge on any atom is 0.0951 e. The van der Waals surface area contributed by atoms with E-state index in [0.29, 0.717) is 6.04 Å². The number of pyridine rings is 1. The third-order valence-corrected chi connectivity index (χ3v) is 3.24. The van der Waals surface area contributed by atoms with E-state index in [2.05, 4.69) is 25.9 Å². The lowest BCUT2D eigenvalue weighted by molar-refractivity contribution is 0.614. The second kappa shape index (κ2) is 4.90. The molecule has 4 nitrogen and oxygen atoms in total. The summed E-state index contributed by atoms with van der Waals surface area (Å²) in [5, 5.41) is 3.43. The van der Waals surface area contributed by atoms with Gasteiger partial charge in [0.15, 0.2) is 0 Å². The van der Waals surface area contributed by atoms with Crippen molar-refractivity contribution in [1.82, 2.24) is 19.9 Å². The van der Waals surface area contributed by atoms with Gasteiger partial charge in [-0.25, -0.2) is 4.98 Å². The molecule has 0 spiro atoms. The standard InChI is InChI=1S/C14H18N4/c1-11-3-2-4-12(17-11)7-15-8-14-9-16-10-18(14)13-5-6-13/h2-4,9-10,13,15H,5-8H2,1H3. The first-order valence-corrected chi connectivity index (χ1v) is 6.47. The topological polar surface area (TPSA) is 42.7 Å². The molecule has 1 N–H and O–H groups in total. The van der Waals surface area contributed by atoms with Crippen LogP contribution in [0.2, 0.25) is 0 Å². The monoisotopic (exact) mass is 242 g/mol. The fraction of sp³-hybridized carbons (Fsp3) is 0.429. The summed E-state index contributed by atoms with van der Waals surface area (Å²) in [6, 6.07) is 6.82. The minimum absolute atomic E-state index is 0.696. The number of aryl methyl sites for hydroxylation is 1. The van der Waals surface area contributed by atoms with E-state index in [1.165, 1.54) is 18.5 Å². The van der Waals surface area contributed by atoms with E-state index in [9.17, 15) is 0 Å². The number of imidazole rings is 1. The van der Waals surface area contributed by atoms with E-state index >= 15 is 0 Å². The van der Waals surface area contributed by atoms with Crippen molar-refractivity contribution in [2.45, 2.75) is 38.9 Å². The van der Waals surface area contributed by atoms with Crippen molar-refractivity contribution in [1.29, 1.82) is 0 Å². The van der Waals surface area contributed by atoms with Gasteiger partial charge in [-0.05, 0) is 31.9 Å². The Balaban J connectivity index is 1.56. The molecule has 3 rings (SSSR count). The predicted octanol–water partition coefficient (Wildman–Crippen LogP) is 2.21. The summed E-state index contributed by atoms with van der Waals surface area (Å²) in [5.74, 6) is 0. The van der Waals surface area contributed by atoms with Gasteiger partial charge in [0.1, 0.15) is 0 Å². The molecular formula is C14H18N4. The lowest BCUT2D eigenvalue weighted by Gasteiger charge is -2.08. The Morgan fingerprint density at radius 2 is 2.22 bits per heavy atom. The zero-order chi connectivity index (χ0) is 12.4. The van der Waals surface area contributed by atoms with E-state index < -0.39 is 0 Å². The summed E-state index contributed by atoms with van der Waals surface area (Å²) >= 11 is 0. The van der Waals surface area contributed by atoms with Gasteiger partial charge in [0.25, 0.3) is 0 Å². The van der Waals surface area contributed by atoms with Gasteiger partial charge in [-0.1, -0.05) is 6.07 Å². The van der Waals surface area contributed by atoms with Crippen LogP contribution in [0.1, 0.15) is 36.0 Å². The average molecular weight is 242 g/mol. The Labute approximate surface area is 107 Å². The van der Waals surface area contributed by atoms with Crippen LogP contribution in [0.15, 0.2) is 30.7 Å². The second-order valence-corrected chi connectivity index (χ2v) is 4.90. The summed E-state index contributed by atoms with van der Waals surface area (Å²) < 4.78 is 2.29. The zero-order valence-corrected chi connectivity index (χ0v) is 10.6. The first kappa shape index (κ1) is 11.4. The molecule has 2 aromatic heterocycles. The first-order valence-electron chi connectivity index (χ1n) is 6.47. The highest BCUT2D eigenvalue weighted by atomic mass is 15.1. The van der Waals surface area contributed by atoms with Gasteiger partial charge in [0, 0.05) is 31.0 Å². The molecule has 0 unspecified atom stereocenters. The molecule has 94 valence electrons. The molecule has 0 aliphatic heterocycles. The highest BCUT2D eigenvalue weighted by molar-refractivity contribution is 5.10. The fourth-order valence-electron chi connectivity index (χ4n) is 2.17. The van der Waals surface area contributed by atoms with Gasteiger partial charge in [0.2, 0.25) is 0 Å². The summed E-state index contributed by atoms with van der Waals surface area (Å²) in [5.41, 5.74) is 3.43. The fourth-order valence-corrected chi connectivity index (χ4v) is 2.17. The Bertz CT molecular complexity index is 528. The minimum Gasteiger partial charge on any atom is -0.330 e. The largest absolute Gasteiger partial charge is 0.330 e. The van der Waals surface area contributed by atoms with Gasteiger partial charge >= 0.3 is 0 Å². The number of hydrogen-bond donors (Lipinski definition) is 1. The molecule has 0 saturated heterocycles. The van der Waals surface area contributed by atoms with E-state index in [1.54, 1.807) is 0 Å². The van der Waals surface area contributed by atoms with E-state index in [0.717, 1.165) is 24.5 Å². The minimum atomic E-state index is 0.696. The first-order chi connectivity index (χ1) is 8.83. The summed E-state index contributed by atoms with van der Waals surface area (Å²) in [7, 11) is 0. The van der Waals surface area contributed by atoms with Crippen molar-refractivity contribution in [3.8, 4) is 0 Å². The molecule has 0 atom stereocenters. The molecule has 4 heteroatoms. The summed E-state index contributed by atoms with van der Waals surface area (Å²) in [4.78, 5) is 8.71. The molecule has 0 bridgehead atoms. The third-order valence-electron chi connectivity index (χ3n) is 3.24. The highest BCUT2D eigenvalue weighted by Crippen LogP contribution is 2.35. The average Bonchev–Trinajstić information content (AvgIpc) is 3.10. The highest BCUT2D eigenvalue weighted by Gasteiger charge is 2.24. The van der Waals surface area contributed by atoms with Crippen LogP contribution in [0, 0.1) is 6.92 Å². The molecular weight excluding hydrogens is 224 g/mol. The third kappa shape index (κ3) is 2.59.